The van der Waals surface area contributed by atoms with Crippen molar-refractivity contribution in [1.82, 2.24) is 0 Å². The molecular weight excluding hydrogens is 261 g/mol. The summed E-state index contributed by atoms with van der Waals surface area (Å²) in [5, 5.41) is 2.56. The van der Waals surface area contributed by atoms with Crippen LogP contribution < -0.4 is 5.32 Å². The second kappa shape index (κ2) is 6.38. The van der Waals surface area contributed by atoms with E-state index in [4.69, 9.17) is 0 Å². The zero-order valence-corrected chi connectivity index (χ0v) is 11.3. The molecule has 2 rings (SSSR count). The summed E-state index contributed by atoms with van der Waals surface area (Å²) >= 11 is 1.43. The van der Waals surface area contributed by atoms with E-state index in [1.165, 1.54) is 23.4 Å². The number of aryl methyl sites for hydroxylation is 1. The highest BCUT2D eigenvalue weighted by Gasteiger charge is 2.06. The second-order valence-corrected chi connectivity index (χ2v) is 5.18. The van der Waals surface area contributed by atoms with Crippen LogP contribution in [0.3, 0.4) is 0 Å². The summed E-state index contributed by atoms with van der Waals surface area (Å²) in [4.78, 5) is 12.7. The van der Waals surface area contributed by atoms with Crippen molar-refractivity contribution in [1.29, 1.82) is 0 Å². The minimum atomic E-state index is -0.420. The van der Waals surface area contributed by atoms with Crippen LogP contribution in [-0.4, -0.2) is 11.7 Å². The summed E-state index contributed by atoms with van der Waals surface area (Å²) in [6.07, 6.45) is 0. The molecule has 0 unspecified atom stereocenters. The molecule has 0 bridgehead atoms. The molecule has 0 saturated heterocycles. The Morgan fingerprint density at radius 3 is 2.53 bits per heavy atom. The SMILES string of the molecule is Cc1ccc(SCC(=O)Nc2ccccc2F)cc1. The molecule has 0 saturated carbocycles. The number of carbonyl (C=O) groups excluding carboxylic acids is 1. The maximum atomic E-state index is 13.3. The van der Waals surface area contributed by atoms with E-state index in [2.05, 4.69) is 5.32 Å². The Morgan fingerprint density at radius 2 is 1.84 bits per heavy atom. The number of benzene rings is 2. The Balaban J connectivity index is 1.88. The van der Waals surface area contributed by atoms with Crippen molar-refractivity contribution in [3.63, 3.8) is 0 Å². The molecule has 4 heteroatoms. The van der Waals surface area contributed by atoms with Crippen molar-refractivity contribution < 1.29 is 9.18 Å². The van der Waals surface area contributed by atoms with E-state index in [0.717, 1.165) is 4.90 Å². The van der Waals surface area contributed by atoms with E-state index in [1.807, 2.05) is 31.2 Å². The highest BCUT2D eigenvalue weighted by molar-refractivity contribution is 8.00. The number of para-hydroxylation sites is 1. The highest BCUT2D eigenvalue weighted by atomic mass is 32.2. The van der Waals surface area contributed by atoms with Crippen LogP contribution in [0.25, 0.3) is 0 Å². The number of anilines is 1. The lowest BCUT2D eigenvalue weighted by Crippen LogP contribution is -2.14. The predicted octanol–water partition coefficient (Wildman–Crippen LogP) is 3.86. The fourth-order valence-electron chi connectivity index (χ4n) is 1.53. The molecule has 0 atom stereocenters. The van der Waals surface area contributed by atoms with E-state index in [1.54, 1.807) is 18.2 Å². The smallest absolute Gasteiger partial charge is 0.234 e. The third-order valence-corrected chi connectivity index (χ3v) is 3.55. The quantitative estimate of drug-likeness (QED) is 0.858. The van der Waals surface area contributed by atoms with Gasteiger partial charge < -0.3 is 5.32 Å². The summed E-state index contributed by atoms with van der Waals surface area (Å²) < 4.78 is 13.3. The van der Waals surface area contributed by atoms with E-state index in [-0.39, 0.29) is 17.3 Å². The maximum absolute atomic E-state index is 13.3. The number of rotatable bonds is 4. The molecule has 0 aliphatic rings. The molecule has 0 aliphatic carbocycles. The van der Waals surface area contributed by atoms with Crippen LogP contribution >= 0.6 is 11.8 Å². The molecule has 2 aromatic rings. The Kier molecular flexibility index (Phi) is 4.58. The van der Waals surface area contributed by atoms with Crippen molar-refractivity contribution in [3.8, 4) is 0 Å². The number of amides is 1. The molecule has 1 N–H and O–H groups in total. The molecule has 0 aromatic heterocycles. The topological polar surface area (TPSA) is 29.1 Å². The van der Waals surface area contributed by atoms with Crippen LogP contribution in [0.4, 0.5) is 10.1 Å². The number of hydrogen-bond donors (Lipinski definition) is 1. The van der Waals surface area contributed by atoms with E-state index in [9.17, 15) is 9.18 Å². The third-order valence-electron chi connectivity index (χ3n) is 2.54. The van der Waals surface area contributed by atoms with Gasteiger partial charge in [0, 0.05) is 4.90 Å². The summed E-state index contributed by atoms with van der Waals surface area (Å²) in [5.74, 6) is -0.371. The van der Waals surface area contributed by atoms with Gasteiger partial charge in [-0.15, -0.1) is 11.8 Å². The zero-order chi connectivity index (χ0) is 13.7. The van der Waals surface area contributed by atoms with Gasteiger partial charge in [0.05, 0.1) is 11.4 Å². The molecule has 1 amide bonds. The average Bonchev–Trinajstić information content (AvgIpc) is 2.41. The van der Waals surface area contributed by atoms with Gasteiger partial charge in [0.1, 0.15) is 5.82 Å². The van der Waals surface area contributed by atoms with Gasteiger partial charge in [0.25, 0.3) is 0 Å². The minimum Gasteiger partial charge on any atom is -0.323 e. The fourth-order valence-corrected chi connectivity index (χ4v) is 2.23. The molecule has 2 aromatic carbocycles. The molecule has 98 valence electrons. The van der Waals surface area contributed by atoms with Gasteiger partial charge in [0.2, 0.25) is 5.91 Å². The fraction of sp³-hybridized carbons (Fsp3) is 0.133. The summed E-state index contributed by atoms with van der Waals surface area (Å²) in [6.45, 7) is 2.01. The molecular formula is C15H14FNOS. The normalized spacial score (nSPS) is 10.2. The minimum absolute atomic E-state index is 0.212. The van der Waals surface area contributed by atoms with Crippen molar-refractivity contribution >= 4 is 23.4 Å². The Labute approximate surface area is 116 Å². The van der Waals surface area contributed by atoms with Crippen molar-refractivity contribution in [3.05, 3.63) is 59.9 Å². The lowest BCUT2D eigenvalue weighted by molar-refractivity contribution is -0.113. The Hall–Kier alpha value is -1.81. The first-order valence-corrected chi connectivity index (χ1v) is 6.87. The largest absolute Gasteiger partial charge is 0.323 e. The van der Waals surface area contributed by atoms with Crippen LogP contribution in [-0.2, 0) is 4.79 Å². The lowest BCUT2D eigenvalue weighted by atomic mass is 10.2. The van der Waals surface area contributed by atoms with E-state index in [0.29, 0.717) is 0 Å². The van der Waals surface area contributed by atoms with Crippen LogP contribution in [0, 0.1) is 12.7 Å². The standard InChI is InChI=1S/C15H14FNOS/c1-11-6-8-12(9-7-11)19-10-15(18)17-14-5-3-2-4-13(14)16/h2-9H,10H2,1H3,(H,17,18). The molecule has 0 spiro atoms. The summed E-state index contributed by atoms with van der Waals surface area (Å²) in [6, 6.07) is 14.1. The monoisotopic (exact) mass is 275 g/mol. The van der Waals surface area contributed by atoms with Gasteiger partial charge >= 0.3 is 0 Å². The molecule has 0 aliphatic heterocycles. The summed E-state index contributed by atoms with van der Waals surface area (Å²) in [7, 11) is 0. The number of nitrogens with one attached hydrogen (secondary N) is 1. The highest BCUT2D eigenvalue weighted by Crippen LogP contribution is 2.19. The van der Waals surface area contributed by atoms with Gasteiger partial charge in [0.15, 0.2) is 0 Å². The van der Waals surface area contributed by atoms with Crippen molar-refractivity contribution in [2.24, 2.45) is 0 Å². The molecule has 0 fully saturated rings. The molecule has 0 radical (unpaired) electrons. The number of hydrogen-bond acceptors (Lipinski definition) is 2. The molecule has 19 heavy (non-hydrogen) atoms. The Bertz CT molecular complexity index is 569. The zero-order valence-electron chi connectivity index (χ0n) is 10.5. The van der Waals surface area contributed by atoms with Crippen molar-refractivity contribution in [2.45, 2.75) is 11.8 Å². The average molecular weight is 275 g/mol. The van der Waals surface area contributed by atoms with Gasteiger partial charge in [-0.05, 0) is 31.2 Å². The van der Waals surface area contributed by atoms with Gasteiger partial charge in [-0.1, -0.05) is 29.8 Å². The summed E-state index contributed by atoms with van der Waals surface area (Å²) in [5.41, 5.74) is 1.40. The van der Waals surface area contributed by atoms with Gasteiger partial charge in [-0.25, -0.2) is 4.39 Å². The van der Waals surface area contributed by atoms with Crippen LogP contribution in [0.1, 0.15) is 5.56 Å². The van der Waals surface area contributed by atoms with Crippen molar-refractivity contribution in [2.75, 3.05) is 11.1 Å². The molecule has 0 heterocycles. The first-order chi connectivity index (χ1) is 9.15. The lowest BCUT2D eigenvalue weighted by Gasteiger charge is -2.06. The first kappa shape index (κ1) is 13.6. The van der Waals surface area contributed by atoms with Crippen LogP contribution in [0.2, 0.25) is 0 Å². The third kappa shape index (κ3) is 4.10. The molecule has 2 nitrogen and oxygen atoms in total. The van der Waals surface area contributed by atoms with Crippen LogP contribution in [0.15, 0.2) is 53.4 Å². The maximum Gasteiger partial charge on any atom is 0.234 e. The number of thioether (sulfide) groups is 1. The number of halogens is 1. The Morgan fingerprint density at radius 1 is 1.16 bits per heavy atom. The predicted molar refractivity (Wildman–Crippen MR) is 76.9 cm³/mol. The van der Waals surface area contributed by atoms with Gasteiger partial charge in [-0.3, -0.25) is 4.79 Å². The van der Waals surface area contributed by atoms with Crippen LogP contribution in [0.5, 0.6) is 0 Å². The van der Waals surface area contributed by atoms with E-state index >= 15 is 0 Å². The second-order valence-electron chi connectivity index (χ2n) is 4.13. The van der Waals surface area contributed by atoms with Gasteiger partial charge in [-0.2, -0.15) is 0 Å². The first-order valence-electron chi connectivity index (χ1n) is 5.89. The van der Waals surface area contributed by atoms with E-state index < -0.39 is 5.82 Å². The number of carbonyl (C=O) groups is 1.